The van der Waals surface area contributed by atoms with Gasteiger partial charge in [0.25, 0.3) is 0 Å². The van der Waals surface area contributed by atoms with Gasteiger partial charge in [0.1, 0.15) is 12.6 Å². The van der Waals surface area contributed by atoms with E-state index in [2.05, 4.69) is 103 Å². The Hall–Kier alpha value is -1.90. The summed E-state index contributed by atoms with van der Waals surface area (Å²) in [4.78, 5) is 0. The first-order valence-corrected chi connectivity index (χ1v) is 9.11. The number of quaternary nitrogens is 1. The molecule has 3 aromatic rings. The summed E-state index contributed by atoms with van der Waals surface area (Å²) in [6, 6.07) is 26.7. The van der Waals surface area contributed by atoms with Crippen LogP contribution in [0.4, 0.5) is 0 Å². The first-order chi connectivity index (χ1) is 11.6. The smallest absolute Gasteiger partial charge is 0.142 e. The lowest BCUT2D eigenvalue weighted by molar-refractivity contribution is -0.927. The van der Waals surface area contributed by atoms with Crippen LogP contribution in [0.2, 0.25) is 0 Å². The van der Waals surface area contributed by atoms with Crippen LogP contribution in [0.25, 0.3) is 11.1 Å². The second kappa shape index (κ2) is 5.87. The van der Waals surface area contributed by atoms with Gasteiger partial charge in [0, 0.05) is 21.2 Å². The molecule has 3 aromatic carbocycles. The van der Waals surface area contributed by atoms with Gasteiger partial charge in [0.15, 0.2) is 0 Å². The summed E-state index contributed by atoms with van der Waals surface area (Å²) in [6.07, 6.45) is 0. The molecule has 0 heterocycles. The molecular formula is C22H21BrN+. The molecule has 0 amide bonds. The topological polar surface area (TPSA) is 0 Å². The zero-order valence-corrected chi connectivity index (χ0v) is 15.6. The molecule has 0 N–H and O–H groups in total. The molecule has 1 nitrogen and oxygen atoms in total. The number of hydrogen-bond donors (Lipinski definition) is 0. The van der Waals surface area contributed by atoms with E-state index < -0.39 is 0 Å². The highest BCUT2D eigenvalue weighted by Crippen LogP contribution is 2.49. The maximum Gasteiger partial charge on any atom is 0.142 e. The van der Waals surface area contributed by atoms with E-state index in [1.807, 2.05) is 0 Å². The van der Waals surface area contributed by atoms with Crippen LogP contribution < -0.4 is 0 Å². The lowest BCUT2D eigenvalue weighted by Crippen LogP contribution is -2.42. The van der Waals surface area contributed by atoms with E-state index in [1.165, 1.54) is 27.8 Å². The van der Waals surface area contributed by atoms with Gasteiger partial charge in [0.05, 0.1) is 14.1 Å². The minimum Gasteiger partial charge on any atom is -0.315 e. The van der Waals surface area contributed by atoms with E-state index in [9.17, 15) is 0 Å². The van der Waals surface area contributed by atoms with Crippen LogP contribution in [0.15, 0.2) is 77.3 Å². The quantitative estimate of drug-likeness (QED) is 0.505. The molecule has 1 aliphatic carbocycles. The number of benzene rings is 3. The van der Waals surface area contributed by atoms with Gasteiger partial charge in [-0.3, -0.25) is 0 Å². The predicted octanol–water partition coefficient (Wildman–Crippen LogP) is 5.80. The molecule has 1 atom stereocenters. The summed E-state index contributed by atoms with van der Waals surface area (Å²) in [5, 5.41) is 0. The summed E-state index contributed by atoms with van der Waals surface area (Å²) in [6.45, 7) is 1.01. The maximum atomic E-state index is 3.66. The fourth-order valence-electron chi connectivity index (χ4n) is 4.05. The average Bonchev–Trinajstić information content (AvgIpc) is 2.89. The standard InChI is InChI=1S/C22H21BrN/c1-24(2,15-16-8-4-3-5-9-16)22-20-11-7-6-10-18(20)19-13-12-17(23)14-21(19)22/h3-14,22H,15H2,1-2H3/q+1. The second-order valence-electron chi connectivity index (χ2n) is 7.14. The first kappa shape index (κ1) is 15.6. The van der Waals surface area contributed by atoms with E-state index in [1.54, 1.807) is 0 Å². The van der Waals surface area contributed by atoms with Crippen molar-refractivity contribution < 1.29 is 4.48 Å². The number of nitrogens with zero attached hydrogens (tertiary/aromatic N) is 1. The molecule has 0 saturated heterocycles. The van der Waals surface area contributed by atoms with Gasteiger partial charge in [-0.15, -0.1) is 0 Å². The zero-order chi connectivity index (χ0) is 16.7. The van der Waals surface area contributed by atoms with Crippen molar-refractivity contribution in [2.45, 2.75) is 12.6 Å². The molecule has 0 saturated carbocycles. The third kappa shape index (κ3) is 2.60. The SMILES string of the molecule is C[N+](C)(Cc1ccccc1)C1c2ccccc2-c2ccc(Br)cc21. The maximum absolute atomic E-state index is 3.66. The summed E-state index contributed by atoms with van der Waals surface area (Å²) in [5.41, 5.74) is 6.99. The van der Waals surface area contributed by atoms with Gasteiger partial charge in [-0.25, -0.2) is 0 Å². The molecule has 2 heteroatoms. The summed E-state index contributed by atoms with van der Waals surface area (Å²) in [7, 11) is 4.68. The van der Waals surface area contributed by atoms with Gasteiger partial charge in [0.2, 0.25) is 0 Å². The fraction of sp³-hybridized carbons (Fsp3) is 0.182. The van der Waals surface area contributed by atoms with Crippen LogP contribution >= 0.6 is 15.9 Å². The Bertz CT molecular complexity index is 883. The van der Waals surface area contributed by atoms with Crippen molar-refractivity contribution in [3.63, 3.8) is 0 Å². The first-order valence-electron chi connectivity index (χ1n) is 8.31. The van der Waals surface area contributed by atoms with E-state index in [4.69, 9.17) is 0 Å². The van der Waals surface area contributed by atoms with Crippen molar-refractivity contribution >= 4 is 15.9 Å². The lowest BCUT2D eigenvalue weighted by Gasteiger charge is -2.37. The normalized spacial score (nSPS) is 15.9. The minimum absolute atomic E-state index is 0.355. The van der Waals surface area contributed by atoms with Gasteiger partial charge in [-0.05, 0) is 23.3 Å². The largest absolute Gasteiger partial charge is 0.315 e. The Morgan fingerprint density at radius 3 is 2.25 bits per heavy atom. The Morgan fingerprint density at radius 1 is 0.792 bits per heavy atom. The van der Waals surface area contributed by atoms with Gasteiger partial charge >= 0.3 is 0 Å². The van der Waals surface area contributed by atoms with Crippen molar-refractivity contribution in [2.24, 2.45) is 0 Å². The number of fused-ring (bicyclic) bond motifs is 3. The molecule has 1 aliphatic rings. The number of hydrogen-bond acceptors (Lipinski definition) is 0. The van der Waals surface area contributed by atoms with Crippen molar-refractivity contribution in [3.05, 3.63) is 94.0 Å². The lowest BCUT2D eigenvalue weighted by atomic mass is 10.0. The summed E-state index contributed by atoms with van der Waals surface area (Å²) < 4.78 is 2.06. The molecule has 0 radical (unpaired) electrons. The number of rotatable bonds is 3. The fourth-order valence-corrected chi connectivity index (χ4v) is 4.43. The summed E-state index contributed by atoms with van der Waals surface area (Å²) >= 11 is 3.66. The van der Waals surface area contributed by atoms with Crippen molar-refractivity contribution in [2.75, 3.05) is 14.1 Å². The minimum atomic E-state index is 0.355. The average molecular weight is 379 g/mol. The molecule has 0 aliphatic heterocycles. The highest BCUT2D eigenvalue weighted by Gasteiger charge is 2.39. The van der Waals surface area contributed by atoms with Crippen molar-refractivity contribution in [3.8, 4) is 11.1 Å². The molecule has 0 aromatic heterocycles. The zero-order valence-electron chi connectivity index (χ0n) is 14.0. The Labute approximate surface area is 152 Å². The molecule has 0 fully saturated rings. The van der Waals surface area contributed by atoms with Gasteiger partial charge in [-0.2, -0.15) is 0 Å². The van der Waals surface area contributed by atoms with Crippen LogP contribution in [0.5, 0.6) is 0 Å². The van der Waals surface area contributed by atoms with Crippen molar-refractivity contribution in [1.29, 1.82) is 0 Å². The third-order valence-corrected chi connectivity index (χ3v) is 5.48. The van der Waals surface area contributed by atoms with Crippen LogP contribution in [-0.4, -0.2) is 18.6 Å². The Kier molecular flexibility index (Phi) is 3.82. The third-order valence-electron chi connectivity index (χ3n) is 4.99. The molecule has 120 valence electrons. The van der Waals surface area contributed by atoms with E-state index >= 15 is 0 Å². The predicted molar refractivity (Wildman–Crippen MR) is 104 cm³/mol. The number of halogens is 1. The Morgan fingerprint density at radius 2 is 1.46 bits per heavy atom. The van der Waals surface area contributed by atoms with Crippen LogP contribution in [0.1, 0.15) is 22.7 Å². The van der Waals surface area contributed by atoms with Crippen molar-refractivity contribution in [1.82, 2.24) is 0 Å². The summed E-state index contributed by atoms with van der Waals surface area (Å²) in [5.74, 6) is 0. The highest BCUT2D eigenvalue weighted by molar-refractivity contribution is 9.10. The highest BCUT2D eigenvalue weighted by atomic mass is 79.9. The van der Waals surface area contributed by atoms with Crippen LogP contribution in [0.3, 0.4) is 0 Å². The van der Waals surface area contributed by atoms with E-state index in [0.29, 0.717) is 6.04 Å². The molecule has 0 spiro atoms. The monoisotopic (exact) mass is 378 g/mol. The molecule has 24 heavy (non-hydrogen) atoms. The molecule has 4 rings (SSSR count). The molecule has 0 bridgehead atoms. The van der Waals surface area contributed by atoms with E-state index in [0.717, 1.165) is 15.5 Å². The van der Waals surface area contributed by atoms with E-state index in [-0.39, 0.29) is 0 Å². The van der Waals surface area contributed by atoms with Gasteiger partial charge in [-0.1, -0.05) is 76.6 Å². The molecular weight excluding hydrogens is 358 g/mol. The Balaban J connectivity index is 1.84. The van der Waals surface area contributed by atoms with Gasteiger partial charge < -0.3 is 4.48 Å². The van der Waals surface area contributed by atoms with Crippen LogP contribution in [0, 0.1) is 0 Å². The van der Waals surface area contributed by atoms with Crippen LogP contribution in [-0.2, 0) is 6.54 Å². The second-order valence-corrected chi connectivity index (χ2v) is 8.06. The molecule has 1 unspecified atom stereocenters.